The maximum atomic E-state index is 13.9. The summed E-state index contributed by atoms with van der Waals surface area (Å²) < 4.78 is 18.8. The van der Waals surface area contributed by atoms with Gasteiger partial charge in [-0.3, -0.25) is 9.59 Å². The molecule has 5 heteroatoms. The Morgan fingerprint density at radius 1 is 1.23 bits per heavy atom. The molecule has 0 spiro atoms. The minimum Gasteiger partial charge on any atom is -0.497 e. The summed E-state index contributed by atoms with van der Waals surface area (Å²) in [5.74, 6) is -1.30. The van der Waals surface area contributed by atoms with Gasteiger partial charge < -0.3 is 10.1 Å². The van der Waals surface area contributed by atoms with Gasteiger partial charge in [-0.2, -0.15) is 0 Å². The molecule has 2 aromatic rings. The average Bonchev–Trinajstić information content (AvgIpc) is 2.83. The number of methoxy groups -OCH3 is 1. The second-order valence-corrected chi connectivity index (χ2v) is 4.77. The number of benzene rings is 2. The average molecular weight is 297 g/mol. The molecule has 4 nitrogen and oxygen atoms in total. The normalized spacial score (nSPS) is 14.6. The van der Waals surface area contributed by atoms with Gasteiger partial charge in [0.1, 0.15) is 11.6 Å². The Balaban J connectivity index is 1.99. The number of ketones is 1. The molecule has 0 fully saturated rings. The maximum Gasteiger partial charge on any atom is 0.256 e. The van der Waals surface area contributed by atoms with Crippen molar-refractivity contribution in [2.24, 2.45) is 0 Å². The van der Waals surface area contributed by atoms with E-state index in [1.807, 2.05) is 0 Å². The second-order valence-electron chi connectivity index (χ2n) is 4.77. The van der Waals surface area contributed by atoms with E-state index in [1.54, 1.807) is 24.3 Å². The van der Waals surface area contributed by atoms with Crippen LogP contribution in [0.3, 0.4) is 0 Å². The highest BCUT2D eigenvalue weighted by Gasteiger charge is 2.25. The molecule has 1 N–H and O–H groups in total. The number of carbonyl (C=O) groups excluding carboxylic acids is 2. The third-order valence-corrected chi connectivity index (χ3v) is 3.43. The van der Waals surface area contributed by atoms with E-state index in [-0.39, 0.29) is 17.0 Å². The summed E-state index contributed by atoms with van der Waals surface area (Å²) in [5.41, 5.74) is 1.40. The van der Waals surface area contributed by atoms with E-state index in [0.29, 0.717) is 17.0 Å². The van der Waals surface area contributed by atoms with Gasteiger partial charge in [0.2, 0.25) is 0 Å². The molecule has 2 aromatic carbocycles. The van der Waals surface area contributed by atoms with Crippen LogP contribution in [0.25, 0.3) is 5.57 Å². The minimum absolute atomic E-state index is 0.106. The molecule has 0 bridgehead atoms. The molecule has 1 amide bonds. The van der Waals surface area contributed by atoms with Crippen molar-refractivity contribution in [1.29, 1.82) is 0 Å². The predicted molar refractivity (Wildman–Crippen MR) is 80.3 cm³/mol. The summed E-state index contributed by atoms with van der Waals surface area (Å²) in [4.78, 5) is 24.2. The number of fused-ring (bicyclic) bond motifs is 1. The van der Waals surface area contributed by atoms with Crippen LogP contribution < -0.4 is 10.1 Å². The zero-order valence-electron chi connectivity index (χ0n) is 11.7. The van der Waals surface area contributed by atoms with Crippen LogP contribution in [0, 0.1) is 5.82 Å². The van der Waals surface area contributed by atoms with E-state index in [1.165, 1.54) is 19.2 Å². The van der Waals surface area contributed by atoms with Gasteiger partial charge in [-0.05, 0) is 24.3 Å². The lowest BCUT2D eigenvalue weighted by atomic mass is 10.0. The van der Waals surface area contributed by atoms with Crippen LogP contribution in [0.5, 0.6) is 5.75 Å². The molecule has 0 aromatic heterocycles. The summed E-state index contributed by atoms with van der Waals surface area (Å²) in [5, 5.41) is 2.66. The van der Waals surface area contributed by atoms with Crippen LogP contribution in [0.15, 0.2) is 48.5 Å². The van der Waals surface area contributed by atoms with Gasteiger partial charge >= 0.3 is 0 Å². The number of ether oxygens (including phenoxy) is 1. The van der Waals surface area contributed by atoms with Crippen molar-refractivity contribution < 1.29 is 18.7 Å². The molecule has 110 valence electrons. The summed E-state index contributed by atoms with van der Waals surface area (Å²) >= 11 is 0. The molecular weight excluding hydrogens is 285 g/mol. The molecule has 1 heterocycles. The van der Waals surface area contributed by atoms with Gasteiger partial charge in [0, 0.05) is 17.3 Å². The number of rotatable bonds is 3. The zero-order valence-corrected chi connectivity index (χ0v) is 11.7. The van der Waals surface area contributed by atoms with Gasteiger partial charge in [0.25, 0.3) is 5.91 Å². The molecule has 0 unspecified atom stereocenters. The van der Waals surface area contributed by atoms with Crippen molar-refractivity contribution in [3.63, 3.8) is 0 Å². The molecular formula is C17H12FNO3. The third kappa shape index (κ3) is 2.37. The highest BCUT2D eigenvalue weighted by Crippen LogP contribution is 2.31. The molecule has 3 rings (SSSR count). The molecule has 1 aliphatic rings. The van der Waals surface area contributed by atoms with Crippen LogP contribution in [-0.2, 0) is 4.79 Å². The van der Waals surface area contributed by atoms with Crippen molar-refractivity contribution >= 4 is 23.0 Å². The van der Waals surface area contributed by atoms with Crippen molar-refractivity contribution in [3.8, 4) is 5.75 Å². The minimum atomic E-state index is -0.687. The first-order chi connectivity index (χ1) is 10.6. The first kappa shape index (κ1) is 14.0. The second kappa shape index (κ2) is 5.44. The topological polar surface area (TPSA) is 55.4 Å². The van der Waals surface area contributed by atoms with Crippen molar-refractivity contribution in [2.75, 3.05) is 12.4 Å². The van der Waals surface area contributed by atoms with Gasteiger partial charge in [0.05, 0.1) is 18.2 Å². The van der Waals surface area contributed by atoms with Crippen LogP contribution in [0.2, 0.25) is 0 Å². The number of halogens is 1. The number of hydrogen-bond acceptors (Lipinski definition) is 3. The zero-order chi connectivity index (χ0) is 15.7. The Hall–Kier alpha value is -2.95. The van der Waals surface area contributed by atoms with Crippen LogP contribution in [0.1, 0.15) is 15.9 Å². The lowest BCUT2D eigenvalue weighted by molar-refractivity contribution is -0.110. The standard InChI is InChI=1S/C17H12FNO3/c1-22-10-6-7-12(14(18)8-10)16(20)9-13-11-4-2-3-5-15(11)19-17(13)21/h2-9H,1H3,(H,19,21). The number of amides is 1. The number of carbonyl (C=O) groups is 2. The maximum absolute atomic E-state index is 13.9. The van der Waals surface area contributed by atoms with E-state index in [9.17, 15) is 14.0 Å². The van der Waals surface area contributed by atoms with Crippen molar-refractivity contribution in [2.45, 2.75) is 0 Å². The lowest BCUT2D eigenvalue weighted by Crippen LogP contribution is -2.07. The SMILES string of the molecule is COc1ccc(C(=O)C=C2C(=O)Nc3ccccc32)c(F)c1. The van der Waals surface area contributed by atoms with E-state index in [2.05, 4.69) is 5.32 Å². The van der Waals surface area contributed by atoms with Gasteiger partial charge in [0.15, 0.2) is 5.78 Å². The number of allylic oxidation sites excluding steroid dienone is 1. The Kier molecular flexibility index (Phi) is 3.47. The summed E-state index contributed by atoms with van der Waals surface area (Å²) in [6.07, 6.45) is 1.16. The number of hydrogen-bond donors (Lipinski definition) is 1. The third-order valence-electron chi connectivity index (χ3n) is 3.43. The summed E-state index contributed by atoms with van der Waals surface area (Å²) in [6, 6.07) is 11.0. The molecule has 0 saturated heterocycles. The van der Waals surface area contributed by atoms with Gasteiger partial charge in [-0.1, -0.05) is 18.2 Å². The highest BCUT2D eigenvalue weighted by atomic mass is 19.1. The van der Waals surface area contributed by atoms with Gasteiger partial charge in [-0.15, -0.1) is 0 Å². The fourth-order valence-electron chi connectivity index (χ4n) is 2.31. The Bertz CT molecular complexity index is 811. The molecule has 0 saturated carbocycles. The smallest absolute Gasteiger partial charge is 0.256 e. The largest absolute Gasteiger partial charge is 0.497 e. The number of anilines is 1. The molecule has 22 heavy (non-hydrogen) atoms. The van der Waals surface area contributed by atoms with Crippen LogP contribution >= 0.6 is 0 Å². The Morgan fingerprint density at radius 3 is 2.73 bits per heavy atom. The Labute approximate surface area is 126 Å². The van der Waals surface area contributed by atoms with E-state index < -0.39 is 11.6 Å². The fraction of sp³-hybridized carbons (Fsp3) is 0.0588. The quantitative estimate of drug-likeness (QED) is 0.700. The first-order valence-electron chi connectivity index (χ1n) is 6.60. The Morgan fingerprint density at radius 2 is 2.00 bits per heavy atom. The van der Waals surface area contributed by atoms with Crippen LogP contribution in [0.4, 0.5) is 10.1 Å². The van der Waals surface area contributed by atoms with E-state index in [0.717, 1.165) is 12.1 Å². The van der Waals surface area contributed by atoms with Crippen molar-refractivity contribution in [1.82, 2.24) is 0 Å². The summed E-state index contributed by atoms with van der Waals surface area (Å²) in [7, 11) is 1.41. The van der Waals surface area contributed by atoms with E-state index in [4.69, 9.17) is 4.74 Å². The first-order valence-corrected chi connectivity index (χ1v) is 6.60. The number of nitrogens with one attached hydrogen (secondary N) is 1. The number of para-hydroxylation sites is 1. The molecule has 1 aliphatic heterocycles. The molecule has 0 radical (unpaired) electrons. The lowest BCUT2D eigenvalue weighted by Gasteiger charge is -2.03. The fourth-order valence-corrected chi connectivity index (χ4v) is 2.31. The highest BCUT2D eigenvalue weighted by molar-refractivity contribution is 6.35. The van der Waals surface area contributed by atoms with E-state index >= 15 is 0 Å². The molecule has 0 aliphatic carbocycles. The summed E-state index contributed by atoms with van der Waals surface area (Å²) in [6.45, 7) is 0. The monoisotopic (exact) mass is 297 g/mol. The van der Waals surface area contributed by atoms with Gasteiger partial charge in [-0.25, -0.2) is 4.39 Å². The predicted octanol–water partition coefficient (Wildman–Crippen LogP) is 3.05. The van der Waals surface area contributed by atoms with Crippen molar-refractivity contribution in [3.05, 3.63) is 65.5 Å². The van der Waals surface area contributed by atoms with Crippen LogP contribution in [-0.4, -0.2) is 18.8 Å². The molecule has 0 atom stereocenters.